The molecule has 90 valence electrons. The van der Waals surface area contributed by atoms with Gasteiger partial charge in [0.25, 0.3) is 0 Å². The number of aryl methyl sites for hydroxylation is 1. The monoisotopic (exact) mass is 239 g/mol. The van der Waals surface area contributed by atoms with Gasteiger partial charge in [-0.3, -0.25) is 4.68 Å². The van der Waals surface area contributed by atoms with Gasteiger partial charge < -0.3 is 5.32 Å². The number of hydrogen-bond donors (Lipinski definition) is 1. The molecule has 0 amide bonds. The summed E-state index contributed by atoms with van der Waals surface area (Å²) in [5, 5.41) is 8.60. The summed E-state index contributed by atoms with van der Waals surface area (Å²) >= 11 is 2.10. The first kappa shape index (κ1) is 12.0. The minimum Gasteiger partial charge on any atom is -0.311 e. The smallest absolute Gasteiger partial charge is 0.0610 e. The van der Waals surface area contributed by atoms with Crippen molar-refractivity contribution < 1.29 is 0 Å². The van der Waals surface area contributed by atoms with E-state index in [2.05, 4.69) is 46.9 Å². The summed E-state index contributed by atoms with van der Waals surface area (Å²) in [7, 11) is 2.06. The summed E-state index contributed by atoms with van der Waals surface area (Å²) < 4.78 is 2.15. The van der Waals surface area contributed by atoms with Gasteiger partial charge >= 0.3 is 0 Å². The Morgan fingerprint density at radius 2 is 2.56 bits per heavy atom. The van der Waals surface area contributed by atoms with E-state index in [4.69, 9.17) is 0 Å². The predicted molar refractivity (Wildman–Crippen MR) is 69.8 cm³/mol. The fourth-order valence-electron chi connectivity index (χ4n) is 2.40. The number of aromatic nitrogens is 2. The second kappa shape index (κ2) is 5.73. The molecule has 2 atom stereocenters. The third-order valence-electron chi connectivity index (χ3n) is 3.15. The third-order valence-corrected chi connectivity index (χ3v) is 4.61. The Morgan fingerprint density at radius 3 is 3.19 bits per heavy atom. The molecule has 0 aromatic carbocycles. The van der Waals surface area contributed by atoms with Crippen molar-refractivity contribution in [1.82, 2.24) is 15.1 Å². The first-order chi connectivity index (χ1) is 7.86. The molecule has 2 heterocycles. The molecule has 1 aromatic rings. The molecular formula is C12H21N3S. The third kappa shape index (κ3) is 2.43. The first-order valence-corrected chi connectivity index (χ1v) is 7.22. The van der Waals surface area contributed by atoms with E-state index in [-0.39, 0.29) is 0 Å². The summed E-state index contributed by atoms with van der Waals surface area (Å²) in [6.45, 7) is 3.22. The van der Waals surface area contributed by atoms with Crippen molar-refractivity contribution in [2.24, 2.45) is 0 Å². The maximum absolute atomic E-state index is 4.41. The molecule has 1 saturated heterocycles. The van der Waals surface area contributed by atoms with Gasteiger partial charge in [-0.2, -0.15) is 16.9 Å². The van der Waals surface area contributed by atoms with Crippen LogP contribution >= 0.6 is 11.8 Å². The molecule has 0 aliphatic carbocycles. The SMILES string of the molecule is CCCn1nccc1C(NC)C1CCCS1. The van der Waals surface area contributed by atoms with Crippen LogP contribution in [0.4, 0.5) is 0 Å². The second-order valence-corrected chi connectivity index (χ2v) is 5.64. The average molecular weight is 239 g/mol. The maximum Gasteiger partial charge on any atom is 0.0610 e. The van der Waals surface area contributed by atoms with Crippen molar-refractivity contribution in [1.29, 1.82) is 0 Å². The first-order valence-electron chi connectivity index (χ1n) is 6.17. The van der Waals surface area contributed by atoms with Gasteiger partial charge in [-0.15, -0.1) is 0 Å². The molecule has 0 saturated carbocycles. The standard InChI is InChI=1S/C12H21N3S/c1-3-8-15-10(6-7-14-15)12(13-2)11-5-4-9-16-11/h6-7,11-13H,3-5,8-9H2,1-2H3. The fourth-order valence-corrected chi connectivity index (χ4v) is 3.83. The molecule has 3 nitrogen and oxygen atoms in total. The molecular weight excluding hydrogens is 218 g/mol. The molecule has 1 aliphatic rings. The van der Waals surface area contributed by atoms with Gasteiger partial charge in [0.05, 0.1) is 11.7 Å². The Morgan fingerprint density at radius 1 is 1.69 bits per heavy atom. The molecule has 1 fully saturated rings. The Balaban J connectivity index is 2.15. The van der Waals surface area contributed by atoms with E-state index in [1.807, 2.05) is 6.20 Å². The van der Waals surface area contributed by atoms with Crippen molar-refractivity contribution in [2.75, 3.05) is 12.8 Å². The van der Waals surface area contributed by atoms with E-state index in [1.54, 1.807) is 0 Å². The summed E-state index contributed by atoms with van der Waals surface area (Å²) in [5.41, 5.74) is 1.35. The molecule has 0 bridgehead atoms. The average Bonchev–Trinajstić information content (AvgIpc) is 2.92. The zero-order chi connectivity index (χ0) is 11.4. The van der Waals surface area contributed by atoms with Gasteiger partial charge in [0.15, 0.2) is 0 Å². The molecule has 1 N–H and O–H groups in total. The van der Waals surface area contributed by atoms with Crippen LogP contribution in [0, 0.1) is 0 Å². The Kier molecular flexibility index (Phi) is 4.29. The van der Waals surface area contributed by atoms with Gasteiger partial charge in [0.2, 0.25) is 0 Å². The zero-order valence-electron chi connectivity index (χ0n) is 10.1. The molecule has 1 aliphatic heterocycles. The zero-order valence-corrected chi connectivity index (χ0v) is 11.0. The van der Waals surface area contributed by atoms with Crippen LogP contribution in [0.2, 0.25) is 0 Å². The highest BCUT2D eigenvalue weighted by atomic mass is 32.2. The van der Waals surface area contributed by atoms with E-state index in [0.29, 0.717) is 6.04 Å². The van der Waals surface area contributed by atoms with E-state index >= 15 is 0 Å². The summed E-state index contributed by atoms with van der Waals surface area (Å²) in [6.07, 6.45) is 5.75. The predicted octanol–water partition coefficient (Wildman–Crippen LogP) is 2.45. The molecule has 4 heteroatoms. The van der Waals surface area contributed by atoms with Gasteiger partial charge in [-0.05, 0) is 38.1 Å². The quantitative estimate of drug-likeness (QED) is 0.856. The molecule has 1 aromatic heterocycles. The van der Waals surface area contributed by atoms with Crippen molar-refractivity contribution in [3.05, 3.63) is 18.0 Å². The van der Waals surface area contributed by atoms with Gasteiger partial charge in [0.1, 0.15) is 0 Å². The Hall–Kier alpha value is -0.480. The maximum atomic E-state index is 4.41. The molecule has 0 radical (unpaired) electrons. The number of thioether (sulfide) groups is 1. The largest absolute Gasteiger partial charge is 0.311 e. The highest BCUT2D eigenvalue weighted by Crippen LogP contribution is 2.35. The van der Waals surface area contributed by atoms with Crippen LogP contribution in [0.3, 0.4) is 0 Å². The molecule has 0 spiro atoms. The van der Waals surface area contributed by atoms with Crippen LogP contribution in [0.1, 0.15) is 37.9 Å². The summed E-state index contributed by atoms with van der Waals surface area (Å²) in [6, 6.07) is 2.62. The Labute approximate surface area is 102 Å². The molecule has 16 heavy (non-hydrogen) atoms. The lowest BCUT2D eigenvalue weighted by Crippen LogP contribution is -2.28. The lowest BCUT2D eigenvalue weighted by Gasteiger charge is -2.23. The lowest BCUT2D eigenvalue weighted by molar-refractivity contribution is 0.480. The number of nitrogens with one attached hydrogen (secondary N) is 1. The van der Waals surface area contributed by atoms with E-state index in [1.165, 1.54) is 24.3 Å². The summed E-state index contributed by atoms with van der Waals surface area (Å²) in [4.78, 5) is 0. The Bertz CT molecular complexity index is 318. The van der Waals surface area contributed by atoms with Crippen molar-refractivity contribution in [2.45, 2.75) is 44.0 Å². The van der Waals surface area contributed by atoms with Gasteiger partial charge in [0, 0.05) is 18.0 Å². The highest BCUT2D eigenvalue weighted by molar-refractivity contribution is 8.00. The van der Waals surface area contributed by atoms with Crippen LogP contribution in [-0.2, 0) is 6.54 Å². The van der Waals surface area contributed by atoms with Crippen molar-refractivity contribution in [3.63, 3.8) is 0 Å². The van der Waals surface area contributed by atoms with E-state index < -0.39 is 0 Å². The van der Waals surface area contributed by atoms with Crippen LogP contribution in [0.15, 0.2) is 12.3 Å². The molecule has 2 unspecified atom stereocenters. The van der Waals surface area contributed by atoms with Gasteiger partial charge in [-0.25, -0.2) is 0 Å². The van der Waals surface area contributed by atoms with Gasteiger partial charge in [-0.1, -0.05) is 6.92 Å². The highest BCUT2D eigenvalue weighted by Gasteiger charge is 2.27. The van der Waals surface area contributed by atoms with Crippen LogP contribution in [-0.4, -0.2) is 27.8 Å². The second-order valence-electron chi connectivity index (χ2n) is 4.30. The van der Waals surface area contributed by atoms with E-state index in [9.17, 15) is 0 Å². The van der Waals surface area contributed by atoms with Crippen LogP contribution in [0.25, 0.3) is 0 Å². The van der Waals surface area contributed by atoms with E-state index in [0.717, 1.165) is 18.2 Å². The topological polar surface area (TPSA) is 29.9 Å². The molecule has 2 rings (SSSR count). The number of rotatable bonds is 5. The fraction of sp³-hybridized carbons (Fsp3) is 0.750. The summed E-state index contributed by atoms with van der Waals surface area (Å²) in [5.74, 6) is 1.31. The number of hydrogen-bond acceptors (Lipinski definition) is 3. The normalized spacial score (nSPS) is 22.5. The van der Waals surface area contributed by atoms with Crippen LogP contribution in [0.5, 0.6) is 0 Å². The number of nitrogens with zero attached hydrogens (tertiary/aromatic N) is 2. The minimum absolute atomic E-state index is 0.460. The minimum atomic E-state index is 0.460. The van der Waals surface area contributed by atoms with Crippen molar-refractivity contribution >= 4 is 11.8 Å². The van der Waals surface area contributed by atoms with Crippen LogP contribution < -0.4 is 5.32 Å². The lowest BCUT2D eigenvalue weighted by atomic mass is 10.1. The van der Waals surface area contributed by atoms with Crippen molar-refractivity contribution in [3.8, 4) is 0 Å².